The van der Waals surface area contributed by atoms with E-state index in [4.69, 9.17) is 5.73 Å². The molecule has 28 heavy (non-hydrogen) atoms. The molecule has 4 aromatic rings. The minimum Gasteiger partial charge on any atom is -0.364 e. The molecule has 4 N–H and O–H groups in total. The van der Waals surface area contributed by atoms with Gasteiger partial charge in [-0.2, -0.15) is 10.2 Å². The summed E-state index contributed by atoms with van der Waals surface area (Å²) in [5.41, 5.74) is 6.86. The molecule has 0 spiro atoms. The van der Waals surface area contributed by atoms with Crippen molar-refractivity contribution in [1.29, 1.82) is 0 Å². The number of aromatic nitrogens is 6. The van der Waals surface area contributed by atoms with Crippen LogP contribution in [0.25, 0.3) is 17.2 Å². The number of amides is 2. The number of para-hydroxylation sites is 1. The highest BCUT2D eigenvalue weighted by molar-refractivity contribution is 6.07. The molecule has 0 fully saturated rings. The molecule has 138 valence electrons. The number of anilines is 1. The monoisotopic (exact) mass is 374 g/mol. The Kier molecular flexibility index (Phi) is 4.34. The standard InChI is InChI=1S/C18H14N8O2/c19-16(27)15-14(9-26(25-15)11-5-2-1-3-6-11)23-18(28)13-8-4-7-12(22-13)17-20-10-21-24-17/h1-10H,(H2,19,27)(H,23,28)(H,20,21,24). The van der Waals surface area contributed by atoms with Gasteiger partial charge in [0, 0.05) is 0 Å². The lowest BCUT2D eigenvalue weighted by Gasteiger charge is -2.04. The van der Waals surface area contributed by atoms with Crippen molar-refractivity contribution >= 4 is 17.5 Å². The molecule has 1 aromatic carbocycles. The van der Waals surface area contributed by atoms with Crippen LogP contribution in [0, 0.1) is 0 Å². The molecule has 0 saturated carbocycles. The first-order chi connectivity index (χ1) is 13.6. The Hall–Kier alpha value is -4.34. The van der Waals surface area contributed by atoms with Crippen molar-refractivity contribution in [1.82, 2.24) is 29.9 Å². The fraction of sp³-hybridized carbons (Fsp3) is 0. The van der Waals surface area contributed by atoms with Gasteiger partial charge in [-0.05, 0) is 24.3 Å². The Morgan fingerprint density at radius 2 is 1.89 bits per heavy atom. The van der Waals surface area contributed by atoms with Gasteiger partial charge in [0.15, 0.2) is 11.5 Å². The lowest BCUT2D eigenvalue weighted by Crippen LogP contribution is -2.18. The normalized spacial score (nSPS) is 10.6. The molecule has 3 heterocycles. The van der Waals surface area contributed by atoms with Crippen LogP contribution in [0.15, 0.2) is 61.1 Å². The fourth-order valence-electron chi connectivity index (χ4n) is 2.57. The lowest BCUT2D eigenvalue weighted by molar-refractivity contribution is 0.0996. The van der Waals surface area contributed by atoms with Crippen LogP contribution < -0.4 is 11.1 Å². The Labute approximate surface area is 158 Å². The molecule has 0 atom stereocenters. The van der Waals surface area contributed by atoms with Crippen molar-refractivity contribution in [2.45, 2.75) is 0 Å². The van der Waals surface area contributed by atoms with Gasteiger partial charge >= 0.3 is 0 Å². The first-order valence-corrected chi connectivity index (χ1v) is 8.21. The average Bonchev–Trinajstić information content (AvgIpc) is 3.39. The molecule has 0 bridgehead atoms. The molecule has 4 rings (SSSR count). The zero-order valence-electron chi connectivity index (χ0n) is 14.4. The first-order valence-electron chi connectivity index (χ1n) is 8.21. The highest BCUT2D eigenvalue weighted by atomic mass is 16.2. The summed E-state index contributed by atoms with van der Waals surface area (Å²) in [6.07, 6.45) is 2.87. The fourth-order valence-corrected chi connectivity index (χ4v) is 2.57. The van der Waals surface area contributed by atoms with Crippen LogP contribution in [-0.2, 0) is 0 Å². The van der Waals surface area contributed by atoms with E-state index in [9.17, 15) is 9.59 Å². The first kappa shape index (κ1) is 17.1. The second-order valence-electron chi connectivity index (χ2n) is 5.73. The number of primary amides is 1. The lowest BCUT2D eigenvalue weighted by atomic mass is 10.2. The Bertz CT molecular complexity index is 1140. The smallest absolute Gasteiger partial charge is 0.274 e. The van der Waals surface area contributed by atoms with E-state index in [0.29, 0.717) is 11.5 Å². The topological polar surface area (TPSA) is 144 Å². The molecule has 0 aliphatic heterocycles. The summed E-state index contributed by atoms with van der Waals surface area (Å²) in [5, 5.41) is 13.3. The van der Waals surface area contributed by atoms with Crippen molar-refractivity contribution < 1.29 is 9.59 Å². The SMILES string of the molecule is NC(=O)c1nn(-c2ccccc2)cc1NC(=O)c1cccc(-c2ncn[nH]2)n1. The van der Waals surface area contributed by atoms with E-state index in [0.717, 1.165) is 5.69 Å². The third kappa shape index (κ3) is 3.33. The summed E-state index contributed by atoms with van der Waals surface area (Å²) in [6.45, 7) is 0. The van der Waals surface area contributed by atoms with Gasteiger partial charge in [0.1, 0.15) is 17.7 Å². The molecule has 2 amide bonds. The van der Waals surface area contributed by atoms with Crippen molar-refractivity contribution in [3.05, 3.63) is 72.4 Å². The Morgan fingerprint density at radius 1 is 1.07 bits per heavy atom. The van der Waals surface area contributed by atoms with Crippen LogP contribution >= 0.6 is 0 Å². The minimum atomic E-state index is -0.756. The number of nitrogens with zero attached hydrogens (tertiary/aromatic N) is 5. The molecule has 0 aliphatic rings. The van der Waals surface area contributed by atoms with E-state index >= 15 is 0 Å². The number of pyridine rings is 1. The number of hydrogen-bond donors (Lipinski definition) is 3. The van der Waals surface area contributed by atoms with Crippen molar-refractivity contribution in [3.8, 4) is 17.2 Å². The Morgan fingerprint density at radius 3 is 2.61 bits per heavy atom. The number of H-pyrrole nitrogens is 1. The largest absolute Gasteiger partial charge is 0.364 e. The zero-order valence-corrected chi connectivity index (χ0v) is 14.4. The van der Waals surface area contributed by atoms with Crippen molar-refractivity contribution in [3.63, 3.8) is 0 Å². The molecule has 0 unspecified atom stereocenters. The number of aromatic amines is 1. The summed E-state index contributed by atoms with van der Waals surface area (Å²) >= 11 is 0. The second kappa shape index (κ2) is 7.11. The predicted molar refractivity (Wildman–Crippen MR) is 99.6 cm³/mol. The minimum absolute atomic E-state index is 0.0522. The number of hydrogen-bond acceptors (Lipinski definition) is 6. The summed E-state index contributed by atoms with van der Waals surface area (Å²) in [5.74, 6) is -0.839. The van der Waals surface area contributed by atoms with E-state index < -0.39 is 11.8 Å². The maximum atomic E-state index is 12.6. The second-order valence-corrected chi connectivity index (χ2v) is 5.73. The van der Waals surface area contributed by atoms with E-state index in [-0.39, 0.29) is 17.1 Å². The van der Waals surface area contributed by atoms with Crippen LogP contribution in [0.1, 0.15) is 21.0 Å². The van der Waals surface area contributed by atoms with Gasteiger partial charge in [-0.15, -0.1) is 0 Å². The van der Waals surface area contributed by atoms with Gasteiger partial charge in [-0.1, -0.05) is 24.3 Å². The van der Waals surface area contributed by atoms with Gasteiger partial charge in [0.05, 0.1) is 17.6 Å². The third-order valence-electron chi connectivity index (χ3n) is 3.86. The molecule has 3 aromatic heterocycles. The molecule has 10 heteroatoms. The number of carbonyl (C=O) groups excluding carboxylic acids is 2. The number of nitrogens with two attached hydrogens (primary N) is 1. The third-order valence-corrected chi connectivity index (χ3v) is 3.86. The maximum Gasteiger partial charge on any atom is 0.274 e. The maximum absolute atomic E-state index is 12.6. The van der Waals surface area contributed by atoms with E-state index in [1.54, 1.807) is 18.2 Å². The molecular weight excluding hydrogens is 360 g/mol. The number of carbonyl (C=O) groups is 2. The van der Waals surface area contributed by atoms with E-state index in [1.807, 2.05) is 30.3 Å². The van der Waals surface area contributed by atoms with Crippen LogP contribution in [0.4, 0.5) is 5.69 Å². The molecule has 0 aliphatic carbocycles. The quantitative estimate of drug-likeness (QED) is 0.481. The molecular formula is C18H14N8O2. The average molecular weight is 374 g/mol. The summed E-state index contributed by atoms with van der Waals surface area (Å²) in [6, 6.07) is 14.0. The van der Waals surface area contributed by atoms with Crippen LogP contribution in [0.2, 0.25) is 0 Å². The molecule has 0 radical (unpaired) electrons. The van der Waals surface area contributed by atoms with Gasteiger partial charge < -0.3 is 11.1 Å². The van der Waals surface area contributed by atoms with Gasteiger partial charge in [-0.3, -0.25) is 14.7 Å². The highest BCUT2D eigenvalue weighted by Gasteiger charge is 2.19. The van der Waals surface area contributed by atoms with E-state index in [1.165, 1.54) is 17.2 Å². The van der Waals surface area contributed by atoms with Gasteiger partial charge in [0.2, 0.25) is 0 Å². The van der Waals surface area contributed by atoms with Crippen LogP contribution in [0.5, 0.6) is 0 Å². The summed E-state index contributed by atoms with van der Waals surface area (Å²) in [4.78, 5) is 32.7. The molecule has 10 nitrogen and oxygen atoms in total. The summed E-state index contributed by atoms with van der Waals surface area (Å²) < 4.78 is 1.47. The Balaban J connectivity index is 1.64. The van der Waals surface area contributed by atoms with Crippen LogP contribution in [0.3, 0.4) is 0 Å². The highest BCUT2D eigenvalue weighted by Crippen LogP contribution is 2.18. The van der Waals surface area contributed by atoms with E-state index in [2.05, 4.69) is 30.6 Å². The van der Waals surface area contributed by atoms with Gasteiger partial charge in [0.25, 0.3) is 11.8 Å². The van der Waals surface area contributed by atoms with Crippen LogP contribution in [-0.4, -0.2) is 41.8 Å². The number of rotatable bonds is 5. The predicted octanol–water partition coefficient (Wildman–Crippen LogP) is 1.40. The van der Waals surface area contributed by atoms with Gasteiger partial charge in [-0.25, -0.2) is 14.6 Å². The van der Waals surface area contributed by atoms with Crippen molar-refractivity contribution in [2.75, 3.05) is 5.32 Å². The summed E-state index contributed by atoms with van der Waals surface area (Å²) in [7, 11) is 0. The zero-order chi connectivity index (χ0) is 19.5. The molecule has 0 saturated heterocycles. The number of benzene rings is 1. The van der Waals surface area contributed by atoms with Crippen molar-refractivity contribution in [2.24, 2.45) is 5.73 Å². The number of nitrogens with one attached hydrogen (secondary N) is 2.